The number of thiazole rings is 1. The summed E-state index contributed by atoms with van der Waals surface area (Å²) in [7, 11) is 0. The molecule has 8 nitrogen and oxygen atoms in total. The Bertz CT molecular complexity index is 876. The van der Waals surface area contributed by atoms with Crippen LogP contribution in [0.5, 0.6) is 0 Å². The molecule has 0 bridgehead atoms. The number of fused-ring (bicyclic) bond motifs is 1. The molecule has 0 aromatic carbocycles. The lowest BCUT2D eigenvalue weighted by Crippen LogP contribution is -2.28. The second-order valence-corrected chi connectivity index (χ2v) is 5.98. The summed E-state index contributed by atoms with van der Waals surface area (Å²) in [5.74, 6) is 2.47. The fraction of sp³-hybridized carbons (Fsp3) is 0.462. The number of ether oxygens (including phenoxy) is 1. The molecule has 3 N–H and O–H groups in total. The van der Waals surface area contributed by atoms with Crippen LogP contribution in [0, 0.1) is 19.3 Å². The monoisotopic (exact) mass is 323 g/mol. The molecule has 9 heteroatoms. The zero-order valence-electron chi connectivity index (χ0n) is 11.5. The van der Waals surface area contributed by atoms with Crippen molar-refractivity contribution in [1.82, 2.24) is 14.5 Å². The van der Waals surface area contributed by atoms with Crippen molar-refractivity contribution in [2.45, 2.75) is 37.9 Å². The zero-order valence-corrected chi connectivity index (χ0v) is 12.3. The fourth-order valence-electron chi connectivity index (χ4n) is 2.49. The third-order valence-corrected chi connectivity index (χ3v) is 4.43. The van der Waals surface area contributed by atoms with Gasteiger partial charge >= 0.3 is 4.87 Å². The molecule has 4 unspecified atom stereocenters. The number of aliphatic hydroxyl groups is 2. The molecule has 4 atom stereocenters. The highest BCUT2D eigenvalue weighted by atomic mass is 32.1. The van der Waals surface area contributed by atoms with E-state index in [0.717, 1.165) is 15.9 Å². The smallest absolute Gasteiger partial charge is 0.311 e. The van der Waals surface area contributed by atoms with Gasteiger partial charge in [-0.2, -0.15) is 0 Å². The quantitative estimate of drug-likeness (QED) is 0.616. The standard InChI is InChI=1S/C13H13N3O5S/c1-3-6(17)8-4-7(18)12(21-8)16-10-9(22-13(16)20)11(19)15-5(2)14-10/h1,6-8,12,17-18H,4H2,2H3,(H,14,15,19). The zero-order chi connectivity index (χ0) is 16.0. The molecule has 3 rings (SSSR count). The van der Waals surface area contributed by atoms with Crippen LogP contribution in [-0.2, 0) is 4.74 Å². The minimum Gasteiger partial charge on any atom is -0.388 e. The summed E-state index contributed by atoms with van der Waals surface area (Å²) in [6, 6.07) is 0. The van der Waals surface area contributed by atoms with Gasteiger partial charge in [0.25, 0.3) is 5.56 Å². The normalized spacial score (nSPS) is 26.2. The van der Waals surface area contributed by atoms with Crippen LogP contribution in [0.4, 0.5) is 0 Å². The van der Waals surface area contributed by atoms with Crippen LogP contribution in [-0.4, -0.2) is 43.1 Å². The molecule has 116 valence electrons. The van der Waals surface area contributed by atoms with E-state index < -0.39 is 35.0 Å². The Labute approximate surface area is 128 Å². The Morgan fingerprint density at radius 1 is 1.59 bits per heavy atom. The maximum atomic E-state index is 12.2. The van der Waals surface area contributed by atoms with Gasteiger partial charge in [0.15, 0.2) is 11.9 Å². The van der Waals surface area contributed by atoms with Gasteiger partial charge in [0.05, 0.1) is 0 Å². The molecule has 0 saturated carbocycles. The van der Waals surface area contributed by atoms with Crippen LogP contribution >= 0.6 is 11.3 Å². The van der Waals surface area contributed by atoms with Crippen molar-refractivity contribution in [3.05, 3.63) is 25.8 Å². The highest BCUT2D eigenvalue weighted by Gasteiger charge is 2.40. The van der Waals surface area contributed by atoms with Crippen molar-refractivity contribution >= 4 is 21.7 Å². The van der Waals surface area contributed by atoms with E-state index in [1.807, 2.05) is 0 Å². The molecule has 22 heavy (non-hydrogen) atoms. The number of hydrogen-bond donors (Lipinski definition) is 3. The largest absolute Gasteiger partial charge is 0.388 e. The van der Waals surface area contributed by atoms with Gasteiger partial charge in [0, 0.05) is 6.42 Å². The molecule has 3 heterocycles. The van der Waals surface area contributed by atoms with E-state index in [1.54, 1.807) is 6.92 Å². The van der Waals surface area contributed by atoms with Gasteiger partial charge in [-0.05, 0) is 6.92 Å². The molecule has 2 aromatic heterocycles. The number of rotatable bonds is 2. The Balaban J connectivity index is 2.11. The Morgan fingerprint density at radius 3 is 3.00 bits per heavy atom. The number of aliphatic hydroxyl groups excluding tert-OH is 2. The topological polar surface area (TPSA) is 117 Å². The number of nitrogens with zero attached hydrogens (tertiary/aromatic N) is 2. The van der Waals surface area contributed by atoms with E-state index in [-0.39, 0.29) is 16.8 Å². The second kappa shape index (κ2) is 5.33. The summed E-state index contributed by atoms with van der Waals surface area (Å²) in [4.78, 5) is 30.2. The molecular weight excluding hydrogens is 310 g/mol. The average molecular weight is 323 g/mol. The lowest BCUT2D eigenvalue weighted by Gasteiger charge is -2.17. The number of aromatic nitrogens is 3. The maximum absolute atomic E-state index is 12.2. The first kappa shape index (κ1) is 14.9. The molecule has 0 spiro atoms. The van der Waals surface area contributed by atoms with Gasteiger partial charge in [-0.1, -0.05) is 17.3 Å². The molecule has 2 aromatic rings. The van der Waals surface area contributed by atoms with Crippen LogP contribution in [0.1, 0.15) is 18.5 Å². The Kier molecular flexibility index (Phi) is 3.62. The third kappa shape index (κ3) is 2.26. The van der Waals surface area contributed by atoms with Crippen LogP contribution in [0.2, 0.25) is 0 Å². The van der Waals surface area contributed by atoms with Crippen molar-refractivity contribution in [2.24, 2.45) is 0 Å². The highest BCUT2D eigenvalue weighted by Crippen LogP contribution is 2.31. The number of H-pyrrole nitrogens is 1. The fourth-order valence-corrected chi connectivity index (χ4v) is 3.33. The van der Waals surface area contributed by atoms with Gasteiger partial charge in [-0.3, -0.25) is 14.2 Å². The van der Waals surface area contributed by atoms with E-state index in [2.05, 4.69) is 15.9 Å². The first-order valence-corrected chi connectivity index (χ1v) is 7.33. The summed E-state index contributed by atoms with van der Waals surface area (Å²) in [5.41, 5.74) is -0.271. The minimum atomic E-state index is -1.18. The van der Waals surface area contributed by atoms with Crippen molar-refractivity contribution in [1.29, 1.82) is 0 Å². The van der Waals surface area contributed by atoms with E-state index in [4.69, 9.17) is 11.2 Å². The Morgan fingerprint density at radius 2 is 2.32 bits per heavy atom. The summed E-state index contributed by atoms with van der Waals surface area (Å²) < 4.78 is 6.81. The van der Waals surface area contributed by atoms with E-state index in [0.29, 0.717) is 5.82 Å². The number of aryl methyl sites for hydroxylation is 1. The molecule has 0 amide bonds. The van der Waals surface area contributed by atoms with Crippen LogP contribution < -0.4 is 10.4 Å². The number of hydrogen-bond acceptors (Lipinski definition) is 7. The predicted octanol–water partition coefficient (Wildman–Crippen LogP) is -0.903. The first-order chi connectivity index (χ1) is 10.4. The van der Waals surface area contributed by atoms with Crippen molar-refractivity contribution < 1.29 is 14.9 Å². The number of terminal acetylenes is 1. The van der Waals surface area contributed by atoms with Gasteiger partial charge in [-0.25, -0.2) is 4.98 Å². The molecule has 1 fully saturated rings. The van der Waals surface area contributed by atoms with Gasteiger partial charge in [-0.15, -0.1) is 6.42 Å². The van der Waals surface area contributed by atoms with Gasteiger partial charge in [0.2, 0.25) is 0 Å². The third-order valence-electron chi connectivity index (χ3n) is 3.49. The van der Waals surface area contributed by atoms with Crippen LogP contribution in [0.3, 0.4) is 0 Å². The maximum Gasteiger partial charge on any atom is 0.311 e. The van der Waals surface area contributed by atoms with Gasteiger partial charge in [0.1, 0.15) is 28.8 Å². The first-order valence-electron chi connectivity index (χ1n) is 6.52. The molecule has 0 radical (unpaired) electrons. The molecular formula is C13H13N3O5S. The lowest BCUT2D eigenvalue weighted by molar-refractivity contribution is -0.0620. The Hall–Kier alpha value is -1.99. The SMILES string of the molecule is C#CC(O)C1CC(O)C(n2c(=O)sc3c(=O)[nH]c(C)nc32)O1. The predicted molar refractivity (Wildman–Crippen MR) is 78.6 cm³/mol. The molecule has 0 aliphatic carbocycles. The number of nitrogens with one attached hydrogen (secondary N) is 1. The van der Waals surface area contributed by atoms with E-state index in [1.165, 1.54) is 0 Å². The van der Waals surface area contributed by atoms with Crippen molar-refractivity contribution in [3.63, 3.8) is 0 Å². The molecule has 1 aliphatic rings. The van der Waals surface area contributed by atoms with E-state index in [9.17, 15) is 19.8 Å². The van der Waals surface area contributed by atoms with Crippen LogP contribution in [0.15, 0.2) is 9.59 Å². The van der Waals surface area contributed by atoms with Gasteiger partial charge < -0.3 is 19.9 Å². The van der Waals surface area contributed by atoms with Crippen molar-refractivity contribution in [3.8, 4) is 12.3 Å². The van der Waals surface area contributed by atoms with E-state index >= 15 is 0 Å². The molecule has 1 saturated heterocycles. The minimum absolute atomic E-state index is 0.0853. The summed E-state index contributed by atoms with van der Waals surface area (Å²) in [6.45, 7) is 1.59. The summed E-state index contributed by atoms with van der Waals surface area (Å²) in [5, 5.41) is 19.8. The second-order valence-electron chi connectivity index (χ2n) is 5.02. The summed E-state index contributed by atoms with van der Waals surface area (Å²) >= 11 is 0.726. The summed E-state index contributed by atoms with van der Waals surface area (Å²) in [6.07, 6.45) is 1.18. The van der Waals surface area contributed by atoms with Crippen molar-refractivity contribution in [2.75, 3.05) is 0 Å². The van der Waals surface area contributed by atoms with Crippen LogP contribution in [0.25, 0.3) is 10.3 Å². The highest BCUT2D eigenvalue weighted by molar-refractivity contribution is 7.16. The number of aromatic amines is 1. The lowest BCUT2D eigenvalue weighted by atomic mass is 10.1. The average Bonchev–Trinajstić information content (AvgIpc) is 2.98. The molecule has 1 aliphatic heterocycles.